The molecule has 4 N–H and O–H groups in total. The molecule has 0 atom stereocenters. The summed E-state index contributed by atoms with van der Waals surface area (Å²) in [6.45, 7) is 0. The van der Waals surface area contributed by atoms with E-state index in [2.05, 4.69) is 5.16 Å². The lowest BCUT2D eigenvalue weighted by molar-refractivity contribution is -0.00521. The summed E-state index contributed by atoms with van der Waals surface area (Å²) >= 11 is 0. The first kappa shape index (κ1) is 11.3. The van der Waals surface area contributed by atoms with Gasteiger partial charge in [-0.25, -0.2) is 0 Å². The molecule has 0 saturated heterocycles. The van der Waals surface area contributed by atoms with Crippen LogP contribution in [-0.4, -0.2) is 11.1 Å². The van der Waals surface area contributed by atoms with Crippen molar-refractivity contribution < 1.29 is 9.32 Å². The molecule has 0 spiro atoms. The van der Waals surface area contributed by atoms with E-state index in [9.17, 15) is 4.79 Å². The fourth-order valence-electron chi connectivity index (χ4n) is 5.16. The molecule has 4 fully saturated rings. The molecule has 1 amide bonds. The van der Waals surface area contributed by atoms with Crippen molar-refractivity contribution in [2.75, 3.05) is 5.73 Å². The van der Waals surface area contributed by atoms with Gasteiger partial charge in [0.25, 0.3) is 5.91 Å². The minimum Gasteiger partial charge on any atom is -0.367 e. The number of nitrogens with zero attached hydrogens (tertiary/aromatic N) is 1. The number of hydrogen-bond donors (Lipinski definition) is 2. The highest BCUT2D eigenvalue weighted by molar-refractivity contribution is 5.98. The standard InChI is InChI=1S/C14H19N3O2/c15-13(18)11-12(17-19-14(11)16)10-8-2-6-1-7(4-8)5-9(10)3-6/h6-10H,1-5,16H2,(H2,15,18). The molecule has 1 aromatic rings. The van der Waals surface area contributed by atoms with Crippen LogP contribution < -0.4 is 11.5 Å². The Labute approximate surface area is 111 Å². The van der Waals surface area contributed by atoms with Gasteiger partial charge in [0.1, 0.15) is 11.3 Å². The molecule has 102 valence electrons. The number of carbonyl (C=O) groups excluding carboxylic acids is 1. The predicted molar refractivity (Wildman–Crippen MR) is 69.2 cm³/mol. The number of anilines is 1. The lowest BCUT2D eigenvalue weighted by Crippen LogP contribution is -2.44. The number of nitrogen functional groups attached to an aromatic ring is 1. The van der Waals surface area contributed by atoms with Gasteiger partial charge in [0.15, 0.2) is 0 Å². The molecule has 4 aliphatic carbocycles. The van der Waals surface area contributed by atoms with E-state index >= 15 is 0 Å². The van der Waals surface area contributed by atoms with Crippen LogP contribution in [0.25, 0.3) is 0 Å². The minimum absolute atomic E-state index is 0.0799. The summed E-state index contributed by atoms with van der Waals surface area (Å²) in [5, 5.41) is 4.08. The Morgan fingerprint density at radius 3 is 2.21 bits per heavy atom. The number of hydrogen-bond acceptors (Lipinski definition) is 4. The Morgan fingerprint density at radius 2 is 1.68 bits per heavy atom. The molecule has 0 aromatic carbocycles. The molecule has 19 heavy (non-hydrogen) atoms. The Bertz CT molecular complexity index is 509. The molecular formula is C14H19N3O2. The van der Waals surface area contributed by atoms with Crippen molar-refractivity contribution >= 4 is 11.8 Å². The Hall–Kier alpha value is -1.52. The highest BCUT2D eigenvalue weighted by Crippen LogP contribution is 2.60. The van der Waals surface area contributed by atoms with Gasteiger partial charge in [-0.05, 0) is 55.8 Å². The molecule has 0 unspecified atom stereocenters. The summed E-state index contributed by atoms with van der Waals surface area (Å²) in [6, 6.07) is 0. The normalized spacial score (nSPS) is 39.7. The molecule has 4 aliphatic rings. The van der Waals surface area contributed by atoms with Crippen LogP contribution in [-0.2, 0) is 0 Å². The number of amides is 1. The quantitative estimate of drug-likeness (QED) is 0.849. The third-order valence-electron chi connectivity index (χ3n) is 5.53. The topological polar surface area (TPSA) is 95.1 Å². The number of aromatic nitrogens is 1. The fourth-order valence-corrected chi connectivity index (χ4v) is 5.16. The summed E-state index contributed by atoms with van der Waals surface area (Å²) in [5.74, 6) is 2.95. The maximum atomic E-state index is 11.6. The number of primary amides is 1. The van der Waals surface area contributed by atoms with Gasteiger partial charge < -0.3 is 16.0 Å². The van der Waals surface area contributed by atoms with E-state index in [1.165, 1.54) is 32.1 Å². The van der Waals surface area contributed by atoms with Gasteiger partial charge in [-0.3, -0.25) is 4.79 Å². The first-order chi connectivity index (χ1) is 9.13. The smallest absolute Gasteiger partial charge is 0.256 e. The van der Waals surface area contributed by atoms with Crippen molar-refractivity contribution in [3.63, 3.8) is 0 Å². The number of rotatable bonds is 2. The summed E-state index contributed by atoms with van der Waals surface area (Å²) in [4.78, 5) is 11.6. The zero-order valence-electron chi connectivity index (χ0n) is 10.8. The van der Waals surface area contributed by atoms with Crippen LogP contribution in [0.1, 0.15) is 54.1 Å². The maximum absolute atomic E-state index is 11.6. The summed E-state index contributed by atoms with van der Waals surface area (Å²) in [7, 11) is 0. The second kappa shape index (κ2) is 3.74. The number of nitrogens with two attached hydrogens (primary N) is 2. The van der Waals surface area contributed by atoms with E-state index in [1.807, 2.05) is 0 Å². The van der Waals surface area contributed by atoms with Crippen LogP contribution >= 0.6 is 0 Å². The second-order valence-corrected chi connectivity index (χ2v) is 6.63. The zero-order valence-corrected chi connectivity index (χ0v) is 10.8. The van der Waals surface area contributed by atoms with Crippen LogP contribution in [0.15, 0.2) is 4.52 Å². The van der Waals surface area contributed by atoms with Gasteiger partial charge in [-0.1, -0.05) is 5.16 Å². The van der Waals surface area contributed by atoms with Crippen LogP contribution in [0.5, 0.6) is 0 Å². The van der Waals surface area contributed by atoms with Crippen LogP contribution in [0.4, 0.5) is 5.88 Å². The molecule has 5 rings (SSSR count). The lowest BCUT2D eigenvalue weighted by atomic mass is 9.51. The molecule has 5 heteroatoms. The lowest BCUT2D eigenvalue weighted by Gasteiger charge is -2.54. The Morgan fingerprint density at radius 1 is 1.11 bits per heavy atom. The van der Waals surface area contributed by atoms with Crippen molar-refractivity contribution in [1.29, 1.82) is 0 Å². The summed E-state index contributed by atoms with van der Waals surface area (Å²) < 4.78 is 5.04. The van der Waals surface area contributed by atoms with Crippen LogP contribution in [0.3, 0.4) is 0 Å². The summed E-state index contributed by atoms with van der Waals surface area (Å²) in [5.41, 5.74) is 12.2. The molecule has 0 radical (unpaired) electrons. The van der Waals surface area contributed by atoms with Crippen molar-refractivity contribution in [2.45, 2.75) is 38.0 Å². The van der Waals surface area contributed by atoms with E-state index in [0.29, 0.717) is 23.3 Å². The largest absolute Gasteiger partial charge is 0.367 e. The third-order valence-corrected chi connectivity index (χ3v) is 5.53. The molecule has 5 nitrogen and oxygen atoms in total. The monoisotopic (exact) mass is 261 g/mol. The zero-order chi connectivity index (χ0) is 13.1. The average Bonchev–Trinajstić information content (AvgIpc) is 2.69. The Kier molecular flexibility index (Phi) is 2.23. The molecule has 1 aromatic heterocycles. The maximum Gasteiger partial charge on any atom is 0.256 e. The van der Waals surface area contributed by atoms with Crippen molar-refractivity contribution in [3.05, 3.63) is 11.3 Å². The highest BCUT2D eigenvalue weighted by Gasteiger charge is 2.50. The molecule has 0 aliphatic heterocycles. The van der Waals surface area contributed by atoms with E-state index in [0.717, 1.165) is 17.5 Å². The average molecular weight is 261 g/mol. The van der Waals surface area contributed by atoms with Crippen molar-refractivity contribution in [3.8, 4) is 0 Å². The molecular weight excluding hydrogens is 242 g/mol. The van der Waals surface area contributed by atoms with Gasteiger partial charge in [0.2, 0.25) is 5.88 Å². The second-order valence-electron chi connectivity index (χ2n) is 6.63. The summed E-state index contributed by atoms with van der Waals surface area (Å²) in [6.07, 6.45) is 6.47. The SMILES string of the molecule is NC(=O)c1c(C2C3CC4CC(C3)CC2C4)noc1N. The van der Waals surface area contributed by atoms with Gasteiger partial charge in [-0.15, -0.1) is 0 Å². The van der Waals surface area contributed by atoms with Gasteiger partial charge in [0.05, 0.1) is 0 Å². The van der Waals surface area contributed by atoms with E-state index in [4.69, 9.17) is 16.0 Å². The van der Waals surface area contributed by atoms with E-state index in [-0.39, 0.29) is 5.88 Å². The van der Waals surface area contributed by atoms with Gasteiger partial charge >= 0.3 is 0 Å². The van der Waals surface area contributed by atoms with Crippen LogP contribution in [0.2, 0.25) is 0 Å². The molecule has 4 bridgehead atoms. The van der Waals surface area contributed by atoms with E-state index < -0.39 is 5.91 Å². The molecule has 1 heterocycles. The van der Waals surface area contributed by atoms with E-state index in [1.54, 1.807) is 0 Å². The van der Waals surface area contributed by atoms with Crippen molar-refractivity contribution in [1.82, 2.24) is 5.16 Å². The Balaban J connectivity index is 1.75. The number of carbonyl (C=O) groups is 1. The van der Waals surface area contributed by atoms with Crippen molar-refractivity contribution in [2.24, 2.45) is 29.4 Å². The first-order valence-corrected chi connectivity index (χ1v) is 7.18. The molecule has 4 saturated carbocycles. The third kappa shape index (κ3) is 1.53. The minimum atomic E-state index is -0.512. The van der Waals surface area contributed by atoms with Gasteiger partial charge in [0, 0.05) is 5.92 Å². The van der Waals surface area contributed by atoms with Crippen LogP contribution in [0, 0.1) is 23.7 Å². The fraction of sp³-hybridized carbons (Fsp3) is 0.714. The predicted octanol–water partition coefficient (Wildman–Crippen LogP) is 1.90. The highest BCUT2D eigenvalue weighted by atomic mass is 16.5. The van der Waals surface area contributed by atoms with Gasteiger partial charge in [-0.2, -0.15) is 0 Å². The first-order valence-electron chi connectivity index (χ1n) is 7.18.